The van der Waals surface area contributed by atoms with Crippen LogP contribution in [0.1, 0.15) is 28.3 Å². The first kappa shape index (κ1) is 21.8. The quantitative estimate of drug-likeness (QED) is 0.236. The molecular weight excluding hydrogens is 455 g/mol. The van der Waals surface area contributed by atoms with Gasteiger partial charge in [-0.2, -0.15) is 0 Å². The number of anilines is 1. The van der Waals surface area contributed by atoms with Gasteiger partial charge in [0.1, 0.15) is 17.3 Å². The molecule has 0 saturated carbocycles. The fraction of sp³-hybridized carbons (Fsp3) is 0.115. The second-order valence-electron chi connectivity index (χ2n) is 8.19. The molecule has 1 fully saturated rings. The highest BCUT2D eigenvalue weighted by Gasteiger charge is 2.48. The van der Waals surface area contributed by atoms with E-state index < -0.39 is 29.3 Å². The summed E-state index contributed by atoms with van der Waals surface area (Å²) in [4.78, 5) is 32.4. The normalized spacial score (nSPS) is 17.6. The summed E-state index contributed by atoms with van der Waals surface area (Å²) in [6, 6.07) is 14.1. The van der Waals surface area contributed by atoms with Gasteiger partial charge >= 0.3 is 5.91 Å². The Hall–Kier alpha value is -4.04. The number of halogens is 1. The zero-order valence-electron chi connectivity index (χ0n) is 18.2. The van der Waals surface area contributed by atoms with Gasteiger partial charge in [0.2, 0.25) is 0 Å². The summed E-state index contributed by atoms with van der Waals surface area (Å²) >= 11 is 1.28. The Labute approximate surface area is 198 Å². The molecule has 8 heteroatoms. The molecule has 0 radical (unpaired) electrons. The number of amides is 1. The van der Waals surface area contributed by atoms with E-state index in [4.69, 9.17) is 0 Å². The third-order valence-corrected chi connectivity index (χ3v) is 6.80. The number of aliphatic hydroxyl groups is 1. The molecule has 1 atom stereocenters. The predicted octanol–water partition coefficient (Wildman–Crippen LogP) is 5.38. The second-order valence-corrected chi connectivity index (χ2v) is 9.20. The predicted molar refractivity (Wildman–Crippen MR) is 128 cm³/mol. The van der Waals surface area contributed by atoms with Crippen molar-refractivity contribution >= 4 is 44.1 Å². The SMILES string of the molecule is Cc1cc(C)c2nc(N3C(=O)C(=O)C(=C(O)c4ccc(F)cc4)C3c3ccc(O)cc3)sc2c1. The molecule has 5 rings (SSSR count). The number of aromatic hydroxyl groups is 1. The van der Waals surface area contributed by atoms with Gasteiger partial charge in [0, 0.05) is 5.56 Å². The molecule has 1 unspecified atom stereocenters. The number of carbonyl (C=O) groups excluding carboxylic acids is 2. The van der Waals surface area contributed by atoms with Crippen molar-refractivity contribution in [3.05, 3.63) is 94.3 Å². The Balaban J connectivity index is 1.74. The minimum atomic E-state index is -0.979. The fourth-order valence-corrected chi connectivity index (χ4v) is 5.40. The number of phenolic OH excluding ortho intramolecular Hbond substituents is 1. The van der Waals surface area contributed by atoms with E-state index in [1.54, 1.807) is 12.1 Å². The smallest absolute Gasteiger partial charge is 0.301 e. The van der Waals surface area contributed by atoms with Gasteiger partial charge in [0.15, 0.2) is 5.13 Å². The van der Waals surface area contributed by atoms with Crippen molar-refractivity contribution in [2.45, 2.75) is 19.9 Å². The third-order valence-electron chi connectivity index (χ3n) is 5.80. The molecule has 1 amide bonds. The van der Waals surface area contributed by atoms with Crippen molar-refractivity contribution < 1.29 is 24.2 Å². The summed E-state index contributed by atoms with van der Waals surface area (Å²) in [5.41, 5.74) is 3.31. The number of phenols is 1. The summed E-state index contributed by atoms with van der Waals surface area (Å²) < 4.78 is 14.3. The Kier molecular flexibility index (Phi) is 5.17. The second kappa shape index (κ2) is 8.07. The van der Waals surface area contributed by atoms with Crippen molar-refractivity contribution in [2.75, 3.05) is 4.90 Å². The Bertz CT molecular complexity index is 1490. The molecule has 1 aliphatic heterocycles. The maximum atomic E-state index is 13.4. The molecule has 0 spiro atoms. The molecule has 4 aromatic rings. The van der Waals surface area contributed by atoms with E-state index in [2.05, 4.69) is 4.98 Å². The van der Waals surface area contributed by atoms with Crippen LogP contribution in [-0.4, -0.2) is 26.9 Å². The number of rotatable bonds is 3. The summed E-state index contributed by atoms with van der Waals surface area (Å²) in [7, 11) is 0. The van der Waals surface area contributed by atoms with Gasteiger partial charge in [0.05, 0.1) is 21.8 Å². The van der Waals surface area contributed by atoms with Crippen molar-refractivity contribution in [1.82, 2.24) is 4.98 Å². The molecule has 0 aliphatic carbocycles. The van der Waals surface area contributed by atoms with Gasteiger partial charge in [-0.05, 0) is 73.0 Å². The number of Topliss-reactive ketones (excluding diaryl/α,β-unsaturated/α-hetero) is 1. The van der Waals surface area contributed by atoms with Crippen LogP contribution in [-0.2, 0) is 9.59 Å². The summed E-state index contributed by atoms with van der Waals surface area (Å²) in [5, 5.41) is 21.1. The molecule has 0 bridgehead atoms. The van der Waals surface area contributed by atoms with E-state index in [9.17, 15) is 24.2 Å². The topological polar surface area (TPSA) is 90.7 Å². The maximum Gasteiger partial charge on any atom is 0.301 e. The van der Waals surface area contributed by atoms with E-state index >= 15 is 0 Å². The Morgan fingerprint density at radius 1 is 1.03 bits per heavy atom. The van der Waals surface area contributed by atoms with Gasteiger partial charge in [-0.25, -0.2) is 9.37 Å². The number of carbonyl (C=O) groups is 2. The maximum absolute atomic E-state index is 13.4. The van der Waals surface area contributed by atoms with Gasteiger partial charge in [-0.3, -0.25) is 14.5 Å². The van der Waals surface area contributed by atoms with Crippen molar-refractivity contribution in [1.29, 1.82) is 0 Å². The molecule has 1 aromatic heterocycles. The highest BCUT2D eigenvalue weighted by molar-refractivity contribution is 7.22. The molecule has 1 saturated heterocycles. The molecule has 3 aromatic carbocycles. The minimum absolute atomic E-state index is 0.0188. The number of thiazole rings is 1. The first-order chi connectivity index (χ1) is 16.2. The number of aromatic nitrogens is 1. The Morgan fingerprint density at radius 2 is 1.71 bits per heavy atom. The summed E-state index contributed by atoms with van der Waals surface area (Å²) in [5.74, 6) is -2.58. The standard InChI is InChI=1S/C26H19FN2O4S/c1-13-11-14(2)21-19(12-13)34-26(28-21)29-22(15-5-9-18(30)10-6-15)20(24(32)25(29)33)23(31)16-3-7-17(27)8-4-16/h3-12,22,30-31H,1-2H3. The molecule has 34 heavy (non-hydrogen) atoms. The first-order valence-corrected chi connectivity index (χ1v) is 11.3. The lowest BCUT2D eigenvalue weighted by atomic mass is 9.95. The lowest BCUT2D eigenvalue weighted by molar-refractivity contribution is -0.132. The van der Waals surface area contributed by atoms with Crippen molar-refractivity contribution in [3.8, 4) is 5.75 Å². The molecular formula is C26H19FN2O4S. The number of benzene rings is 3. The fourth-order valence-electron chi connectivity index (χ4n) is 4.23. The van der Waals surface area contributed by atoms with Crippen LogP contribution in [0.5, 0.6) is 5.75 Å². The van der Waals surface area contributed by atoms with Crippen LogP contribution in [0.3, 0.4) is 0 Å². The van der Waals surface area contributed by atoms with Crippen LogP contribution in [0.25, 0.3) is 16.0 Å². The molecule has 6 nitrogen and oxygen atoms in total. The van der Waals surface area contributed by atoms with Crippen LogP contribution in [0.15, 0.2) is 66.2 Å². The van der Waals surface area contributed by atoms with E-state index in [-0.39, 0.29) is 16.9 Å². The molecule has 2 N–H and O–H groups in total. The van der Waals surface area contributed by atoms with E-state index in [0.29, 0.717) is 10.7 Å². The number of aliphatic hydroxyl groups excluding tert-OH is 1. The number of hydrogen-bond donors (Lipinski definition) is 2. The lowest BCUT2D eigenvalue weighted by Gasteiger charge is -2.23. The molecule has 2 heterocycles. The van der Waals surface area contributed by atoms with Gasteiger partial charge < -0.3 is 10.2 Å². The van der Waals surface area contributed by atoms with Crippen LogP contribution >= 0.6 is 11.3 Å². The van der Waals surface area contributed by atoms with Gasteiger partial charge in [-0.15, -0.1) is 0 Å². The summed E-state index contributed by atoms with van der Waals surface area (Å²) in [6.07, 6.45) is 0. The lowest BCUT2D eigenvalue weighted by Crippen LogP contribution is -2.29. The first-order valence-electron chi connectivity index (χ1n) is 10.5. The van der Waals surface area contributed by atoms with Crippen LogP contribution in [0, 0.1) is 19.7 Å². The van der Waals surface area contributed by atoms with Crippen molar-refractivity contribution in [3.63, 3.8) is 0 Å². The number of ketones is 1. The zero-order valence-corrected chi connectivity index (χ0v) is 19.1. The monoisotopic (exact) mass is 474 g/mol. The van der Waals surface area contributed by atoms with Crippen LogP contribution < -0.4 is 4.90 Å². The molecule has 1 aliphatic rings. The summed E-state index contributed by atoms with van der Waals surface area (Å²) in [6.45, 7) is 3.90. The molecule has 170 valence electrons. The van der Waals surface area contributed by atoms with E-state index in [0.717, 1.165) is 21.3 Å². The average Bonchev–Trinajstić information content (AvgIpc) is 3.33. The minimum Gasteiger partial charge on any atom is -0.508 e. The van der Waals surface area contributed by atoms with Gasteiger partial charge in [0.25, 0.3) is 5.78 Å². The van der Waals surface area contributed by atoms with Crippen LogP contribution in [0.4, 0.5) is 9.52 Å². The largest absolute Gasteiger partial charge is 0.508 e. The number of aryl methyl sites for hydroxylation is 2. The highest BCUT2D eigenvalue weighted by atomic mass is 32.1. The third kappa shape index (κ3) is 3.52. The van der Waals surface area contributed by atoms with E-state index in [1.165, 1.54) is 52.6 Å². The van der Waals surface area contributed by atoms with E-state index in [1.807, 2.05) is 26.0 Å². The highest BCUT2D eigenvalue weighted by Crippen LogP contribution is 2.44. The van der Waals surface area contributed by atoms with Crippen LogP contribution in [0.2, 0.25) is 0 Å². The number of fused-ring (bicyclic) bond motifs is 1. The van der Waals surface area contributed by atoms with Crippen molar-refractivity contribution in [2.24, 2.45) is 0 Å². The Morgan fingerprint density at radius 3 is 2.38 bits per heavy atom. The average molecular weight is 475 g/mol. The van der Waals surface area contributed by atoms with Gasteiger partial charge in [-0.1, -0.05) is 29.5 Å². The zero-order chi connectivity index (χ0) is 24.1. The number of hydrogen-bond acceptors (Lipinski definition) is 6. The number of nitrogens with zero attached hydrogens (tertiary/aromatic N) is 2.